The molecule has 4 heteroatoms. The molecule has 3 heterocycles. The second-order valence-electron chi connectivity index (χ2n) is 5.24. The molecule has 4 nitrogen and oxygen atoms in total. The maximum Gasteiger partial charge on any atom is 0.113 e. The Labute approximate surface area is 117 Å². The molecule has 0 bridgehead atoms. The Morgan fingerprint density at radius 1 is 1.30 bits per heavy atom. The summed E-state index contributed by atoms with van der Waals surface area (Å²) in [5.41, 5.74) is 5.76. The van der Waals surface area contributed by atoms with Gasteiger partial charge in [-0.1, -0.05) is 6.07 Å². The van der Waals surface area contributed by atoms with Crippen molar-refractivity contribution in [2.45, 2.75) is 26.3 Å². The second kappa shape index (κ2) is 4.34. The van der Waals surface area contributed by atoms with E-state index in [2.05, 4.69) is 18.1 Å². The zero-order chi connectivity index (χ0) is 13.5. The molecule has 0 fully saturated rings. The third-order valence-electron chi connectivity index (χ3n) is 3.80. The Bertz CT molecular complexity index is 755. The number of hydrogen-bond acceptors (Lipinski definition) is 3. The van der Waals surface area contributed by atoms with Crippen LogP contribution in [0.2, 0.25) is 0 Å². The molecule has 3 aromatic rings. The molecule has 0 unspecified atom stereocenters. The molecule has 0 radical (unpaired) electrons. The molecule has 20 heavy (non-hydrogen) atoms. The van der Waals surface area contributed by atoms with Gasteiger partial charge in [-0.2, -0.15) is 5.10 Å². The van der Waals surface area contributed by atoms with Gasteiger partial charge in [-0.25, -0.2) is 0 Å². The summed E-state index contributed by atoms with van der Waals surface area (Å²) in [6.45, 7) is 2.79. The molecule has 0 saturated carbocycles. The zero-order valence-corrected chi connectivity index (χ0v) is 11.3. The molecule has 1 aliphatic rings. The van der Waals surface area contributed by atoms with Crippen LogP contribution in [0.25, 0.3) is 11.3 Å². The molecule has 0 amide bonds. The Kier molecular flexibility index (Phi) is 2.49. The zero-order valence-electron chi connectivity index (χ0n) is 11.3. The molecule has 0 saturated heterocycles. The van der Waals surface area contributed by atoms with Gasteiger partial charge in [-0.15, -0.1) is 0 Å². The predicted octanol–water partition coefficient (Wildman–Crippen LogP) is 2.99. The van der Waals surface area contributed by atoms with Crippen LogP contribution in [0.5, 0.6) is 0 Å². The third kappa shape index (κ3) is 1.76. The summed E-state index contributed by atoms with van der Waals surface area (Å²) >= 11 is 0. The van der Waals surface area contributed by atoms with Crippen molar-refractivity contribution in [1.29, 1.82) is 0 Å². The molecule has 0 atom stereocenters. The van der Waals surface area contributed by atoms with Crippen molar-refractivity contribution in [3.05, 3.63) is 59.4 Å². The van der Waals surface area contributed by atoms with Crippen LogP contribution in [0.4, 0.5) is 0 Å². The van der Waals surface area contributed by atoms with Crippen molar-refractivity contribution in [3.8, 4) is 11.3 Å². The van der Waals surface area contributed by atoms with E-state index >= 15 is 0 Å². The largest absolute Gasteiger partial charge is 0.468 e. The summed E-state index contributed by atoms with van der Waals surface area (Å²) in [5, 5.41) is 4.74. The highest BCUT2D eigenvalue weighted by atomic mass is 16.3. The second-order valence-corrected chi connectivity index (χ2v) is 5.24. The van der Waals surface area contributed by atoms with Crippen molar-refractivity contribution in [2.75, 3.05) is 0 Å². The van der Waals surface area contributed by atoms with Gasteiger partial charge in [0.2, 0.25) is 0 Å². The first-order chi connectivity index (χ1) is 9.81. The molecule has 0 spiro atoms. The first-order valence-corrected chi connectivity index (χ1v) is 6.85. The average Bonchev–Trinajstić information content (AvgIpc) is 3.03. The number of furan rings is 1. The lowest BCUT2D eigenvalue weighted by molar-refractivity contribution is 0.506. The van der Waals surface area contributed by atoms with Gasteiger partial charge in [0.05, 0.1) is 24.2 Å². The fraction of sp³-hybridized carbons (Fsp3) is 0.250. The molecule has 4 rings (SSSR count). The summed E-state index contributed by atoms with van der Waals surface area (Å²) in [7, 11) is 0. The lowest BCUT2D eigenvalue weighted by Crippen LogP contribution is -2.02. The third-order valence-corrected chi connectivity index (χ3v) is 3.80. The summed E-state index contributed by atoms with van der Waals surface area (Å²) in [6, 6.07) is 5.96. The highest BCUT2D eigenvalue weighted by molar-refractivity contribution is 5.70. The van der Waals surface area contributed by atoms with E-state index in [1.807, 2.05) is 35.3 Å². The fourth-order valence-corrected chi connectivity index (χ4v) is 2.84. The van der Waals surface area contributed by atoms with Gasteiger partial charge < -0.3 is 4.42 Å². The Hall–Kier alpha value is -2.36. The lowest BCUT2D eigenvalue weighted by atomic mass is 9.94. The predicted molar refractivity (Wildman–Crippen MR) is 75.4 cm³/mol. The Balaban J connectivity index is 1.73. The number of fused-ring (bicyclic) bond motifs is 3. The standard InChI is InChI=1S/C16H15N3O/c1-11-10-20-14-6-5-12-8-19(18-16(12)15(11)14)9-13-4-2-3-7-17-13/h2-4,7-8,10H,5-6,9H2,1H3. The topological polar surface area (TPSA) is 43.9 Å². The van der Waals surface area contributed by atoms with Crippen molar-refractivity contribution in [1.82, 2.24) is 14.8 Å². The number of rotatable bonds is 2. The minimum Gasteiger partial charge on any atom is -0.468 e. The lowest BCUT2D eigenvalue weighted by Gasteiger charge is -2.09. The molecule has 100 valence electrons. The van der Waals surface area contributed by atoms with Crippen LogP contribution in [0.1, 0.15) is 22.6 Å². The van der Waals surface area contributed by atoms with Crippen LogP contribution < -0.4 is 0 Å². The van der Waals surface area contributed by atoms with Gasteiger partial charge in [-0.05, 0) is 36.6 Å². The number of aromatic nitrogens is 3. The Morgan fingerprint density at radius 3 is 3.10 bits per heavy atom. The van der Waals surface area contributed by atoms with Crippen LogP contribution in [0.3, 0.4) is 0 Å². The van der Waals surface area contributed by atoms with Crippen LogP contribution in [0.15, 0.2) is 41.3 Å². The quantitative estimate of drug-likeness (QED) is 0.715. The summed E-state index contributed by atoms with van der Waals surface area (Å²) in [4.78, 5) is 4.35. The van der Waals surface area contributed by atoms with Gasteiger partial charge >= 0.3 is 0 Å². The highest BCUT2D eigenvalue weighted by Gasteiger charge is 2.24. The molecular weight excluding hydrogens is 250 g/mol. The first-order valence-electron chi connectivity index (χ1n) is 6.85. The van der Waals surface area contributed by atoms with Gasteiger partial charge in [0, 0.05) is 24.4 Å². The summed E-state index contributed by atoms with van der Waals surface area (Å²) < 4.78 is 7.59. The maximum absolute atomic E-state index is 5.61. The van der Waals surface area contributed by atoms with Gasteiger partial charge in [0.15, 0.2) is 0 Å². The smallest absolute Gasteiger partial charge is 0.113 e. The molecule has 3 aromatic heterocycles. The van der Waals surface area contributed by atoms with E-state index in [1.165, 1.54) is 16.7 Å². The van der Waals surface area contributed by atoms with Crippen molar-refractivity contribution in [3.63, 3.8) is 0 Å². The van der Waals surface area contributed by atoms with Gasteiger partial charge in [0.25, 0.3) is 0 Å². The fourth-order valence-electron chi connectivity index (χ4n) is 2.84. The minimum atomic E-state index is 0.708. The summed E-state index contributed by atoms with van der Waals surface area (Å²) in [6.07, 6.45) is 7.75. The van der Waals surface area contributed by atoms with Crippen molar-refractivity contribution < 1.29 is 4.42 Å². The molecule has 0 aromatic carbocycles. The van der Waals surface area contributed by atoms with E-state index in [1.54, 1.807) is 0 Å². The maximum atomic E-state index is 5.61. The van der Waals surface area contributed by atoms with E-state index in [0.29, 0.717) is 6.54 Å². The Morgan fingerprint density at radius 2 is 2.25 bits per heavy atom. The number of hydrogen-bond donors (Lipinski definition) is 0. The summed E-state index contributed by atoms with van der Waals surface area (Å²) in [5.74, 6) is 1.07. The van der Waals surface area contributed by atoms with Crippen molar-refractivity contribution >= 4 is 0 Å². The molecule has 0 aliphatic heterocycles. The van der Waals surface area contributed by atoms with Crippen LogP contribution in [0, 0.1) is 6.92 Å². The normalized spacial score (nSPS) is 13.1. The van der Waals surface area contributed by atoms with E-state index in [-0.39, 0.29) is 0 Å². The van der Waals surface area contributed by atoms with Crippen molar-refractivity contribution in [2.24, 2.45) is 0 Å². The van der Waals surface area contributed by atoms with Gasteiger partial charge in [0.1, 0.15) is 5.76 Å². The minimum absolute atomic E-state index is 0.708. The molecule has 0 N–H and O–H groups in total. The number of pyridine rings is 1. The van der Waals surface area contributed by atoms with Crippen LogP contribution in [-0.2, 0) is 19.4 Å². The van der Waals surface area contributed by atoms with E-state index in [0.717, 1.165) is 30.0 Å². The molecule has 1 aliphatic carbocycles. The average molecular weight is 265 g/mol. The monoisotopic (exact) mass is 265 g/mol. The van der Waals surface area contributed by atoms with Gasteiger partial charge in [-0.3, -0.25) is 9.67 Å². The van der Waals surface area contributed by atoms with E-state index in [4.69, 9.17) is 9.52 Å². The molecular formula is C16H15N3O. The van der Waals surface area contributed by atoms with Crippen LogP contribution >= 0.6 is 0 Å². The SMILES string of the molecule is Cc1coc2c1-c1nn(Cc3ccccn3)cc1CC2. The first kappa shape index (κ1) is 11.5. The highest BCUT2D eigenvalue weighted by Crippen LogP contribution is 2.35. The van der Waals surface area contributed by atoms with E-state index in [9.17, 15) is 0 Å². The van der Waals surface area contributed by atoms with Crippen LogP contribution in [-0.4, -0.2) is 14.8 Å². The number of nitrogens with zero attached hydrogens (tertiary/aromatic N) is 3. The van der Waals surface area contributed by atoms with E-state index < -0.39 is 0 Å². The number of aryl methyl sites for hydroxylation is 3.